The lowest BCUT2D eigenvalue weighted by atomic mass is 10.4. The van der Waals surface area contributed by atoms with Gasteiger partial charge in [0.05, 0.1) is 6.61 Å². The SMILES string of the molecule is COCCC#CCC(F)(F)F. The summed E-state index contributed by atoms with van der Waals surface area (Å²) < 4.78 is 38.9. The van der Waals surface area contributed by atoms with Crippen LogP contribution in [0.2, 0.25) is 0 Å². The first-order chi connectivity index (χ1) is 5.06. The number of methoxy groups -OCH3 is 1. The molecule has 0 amide bonds. The van der Waals surface area contributed by atoms with Crippen molar-refractivity contribution in [3.63, 3.8) is 0 Å². The maximum Gasteiger partial charge on any atom is 0.399 e. The fourth-order valence-electron chi connectivity index (χ4n) is 0.404. The first-order valence-electron chi connectivity index (χ1n) is 3.07. The van der Waals surface area contributed by atoms with E-state index in [9.17, 15) is 13.2 Å². The van der Waals surface area contributed by atoms with Gasteiger partial charge in [0.15, 0.2) is 0 Å². The molecule has 0 fully saturated rings. The molecule has 64 valence electrons. The van der Waals surface area contributed by atoms with Gasteiger partial charge in [0.25, 0.3) is 0 Å². The summed E-state index contributed by atoms with van der Waals surface area (Å²) in [4.78, 5) is 0. The molecule has 0 radical (unpaired) electrons. The number of hydrogen-bond donors (Lipinski definition) is 0. The van der Waals surface area contributed by atoms with E-state index in [1.807, 2.05) is 5.92 Å². The maximum atomic E-state index is 11.4. The monoisotopic (exact) mass is 166 g/mol. The van der Waals surface area contributed by atoms with E-state index in [1.165, 1.54) is 7.11 Å². The molecular formula is C7H9F3O. The number of hydrogen-bond acceptors (Lipinski definition) is 1. The Kier molecular flexibility index (Phi) is 4.71. The molecule has 0 aromatic carbocycles. The van der Waals surface area contributed by atoms with Crippen LogP contribution in [0.25, 0.3) is 0 Å². The van der Waals surface area contributed by atoms with Crippen molar-refractivity contribution in [2.24, 2.45) is 0 Å². The molecule has 4 heteroatoms. The molecular weight excluding hydrogens is 157 g/mol. The molecule has 0 aromatic rings. The minimum absolute atomic E-state index is 0.354. The van der Waals surface area contributed by atoms with Gasteiger partial charge >= 0.3 is 6.18 Å². The van der Waals surface area contributed by atoms with Gasteiger partial charge in [-0.2, -0.15) is 13.2 Å². The highest BCUT2D eigenvalue weighted by Gasteiger charge is 2.24. The van der Waals surface area contributed by atoms with Crippen molar-refractivity contribution in [1.29, 1.82) is 0 Å². The zero-order valence-corrected chi connectivity index (χ0v) is 6.16. The van der Waals surface area contributed by atoms with E-state index in [0.29, 0.717) is 13.0 Å². The number of rotatable bonds is 2. The maximum absolute atomic E-state index is 11.4. The fraction of sp³-hybridized carbons (Fsp3) is 0.714. The van der Waals surface area contributed by atoms with Gasteiger partial charge in [-0.15, -0.1) is 5.92 Å². The molecule has 0 N–H and O–H groups in total. The van der Waals surface area contributed by atoms with Gasteiger partial charge in [-0.1, -0.05) is 5.92 Å². The van der Waals surface area contributed by atoms with Crippen molar-refractivity contribution < 1.29 is 17.9 Å². The third kappa shape index (κ3) is 9.31. The summed E-state index contributed by atoms with van der Waals surface area (Å²) in [5.74, 6) is 4.35. The Hall–Kier alpha value is -0.690. The fourth-order valence-corrected chi connectivity index (χ4v) is 0.404. The Morgan fingerprint density at radius 1 is 1.27 bits per heavy atom. The number of ether oxygens (including phenoxy) is 1. The van der Waals surface area contributed by atoms with Crippen molar-refractivity contribution >= 4 is 0 Å². The molecule has 0 unspecified atom stereocenters. The van der Waals surface area contributed by atoms with Crippen LogP contribution in [-0.2, 0) is 4.74 Å². The lowest BCUT2D eigenvalue weighted by Gasteiger charge is -1.97. The molecule has 0 aromatic heterocycles. The van der Waals surface area contributed by atoms with Crippen LogP contribution in [0.1, 0.15) is 12.8 Å². The lowest BCUT2D eigenvalue weighted by Crippen LogP contribution is -2.04. The average Bonchev–Trinajstić information content (AvgIpc) is 1.85. The van der Waals surface area contributed by atoms with Crippen LogP contribution in [0.5, 0.6) is 0 Å². The van der Waals surface area contributed by atoms with E-state index >= 15 is 0 Å². The third-order valence-corrected chi connectivity index (χ3v) is 0.845. The van der Waals surface area contributed by atoms with Crippen molar-refractivity contribution in [2.45, 2.75) is 19.0 Å². The van der Waals surface area contributed by atoms with Crippen LogP contribution in [-0.4, -0.2) is 19.9 Å². The van der Waals surface area contributed by atoms with E-state index in [4.69, 9.17) is 0 Å². The molecule has 1 nitrogen and oxygen atoms in total. The summed E-state index contributed by atoms with van der Waals surface area (Å²) in [7, 11) is 1.48. The molecule has 0 heterocycles. The number of halogens is 3. The van der Waals surface area contributed by atoms with Crippen LogP contribution < -0.4 is 0 Å². The highest BCUT2D eigenvalue weighted by molar-refractivity contribution is 5.00. The molecule has 0 atom stereocenters. The zero-order valence-electron chi connectivity index (χ0n) is 6.16. The van der Waals surface area contributed by atoms with Crippen LogP contribution in [0, 0.1) is 11.8 Å². The second-order valence-corrected chi connectivity index (χ2v) is 1.89. The predicted octanol–water partition coefficient (Wildman–Crippen LogP) is 1.98. The first-order valence-corrected chi connectivity index (χ1v) is 3.07. The van der Waals surface area contributed by atoms with Gasteiger partial charge in [-0.3, -0.25) is 0 Å². The normalized spacial score (nSPS) is 10.5. The van der Waals surface area contributed by atoms with Crippen LogP contribution in [0.3, 0.4) is 0 Å². The molecule has 0 saturated heterocycles. The van der Waals surface area contributed by atoms with E-state index in [-0.39, 0.29) is 0 Å². The minimum atomic E-state index is -4.17. The van der Waals surface area contributed by atoms with Gasteiger partial charge in [0.2, 0.25) is 0 Å². The minimum Gasteiger partial charge on any atom is -0.384 e. The summed E-state index contributed by atoms with van der Waals surface area (Å²) in [5.41, 5.74) is 0. The van der Waals surface area contributed by atoms with Gasteiger partial charge in [0.1, 0.15) is 6.42 Å². The third-order valence-electron chi connectivity index (χ3n) is 0.845. The predicted molar refractivity (Wildman–Crippen MR) is 34.9 cm³/mol. The van der Waals surface area contributed by atoms with Crippen molar-refractivity contribution in [3.05, 3.63) is 0 Å². The van der Waals surface area contributed by atoms with Crippen molar-refractivity contribution in [3.8, 4) is 11.8 Å². The Morgan fingerprint density at radius 3 is 2.36 bits per heavy atom. The largest absolute Gasteiger partial charge is 0.399 e. The van der Waals surface area contributed by atoms with Gasteiger partial charge < -0.3 is 4.74 Å². The second kappa shape index (κ2) is 5.03. The van der Waals surface area contributed by atoms with E-state index in [2.05, 4.69) is 10.7 Å². The summed E-state index contributed by atoms with van der Waals surface area (Å²) in [6.07, 6.45) is -4.84. The summed E-state index contributed by atoms with van der Waals surface area (Å²) in [6.45, 7) is 0.380. The molecule has 11 heavy (non-hydrogen) atoms. The average molecular weight is 166 g/mol. The Morgan fingerprint density at radius 2 is 1.91 bits per heavy atom. The van der Waals surface area contributed by atoms with Crippen molar-refractivity contribution in [2.75, 3.05) is 13.7 Å². The first kappa shape index (κ1) is 10.3. The smallest absolute Gasteiger partial charge is 0.384 e. The highest BCUT2D eigenvalue weighted by atomic mass is 19.4. The molecule has 0 saturated carbocycles. The Balaban J connectivity index is 3.41. The molecule has 0 aliphatic carbocycles. The summed E-state index contributed by atoms with van der Waals surface area (Å²) in [5, 5.41) is 0. The van der Waals surface area contributed by atoms with Crippen molar-refractivity contribution in [1.82, 2.24) is 0 Å². The second-order valence-electron chi connectivity index (χ2n) is 1.89. The highest BCUT2D eigenvalue weighted by Crippen LogP contribution is 2.17. The quantitative estimate of drug-likeness (QED) is 0.450. The van der Waals surface area contributed by atoms with Gasteiger partial charge in [0, 0.05) is 13.5 Å². The standard InChI is InChI=1S/C7H9F3O/c1-11-6-4-2-3-5-7(8,9)10/h4-6H2,1H3. The zero-order chi connectivity index (χ0) is 8.74. The Labute approximate surface area is 63.5 Å². The van der Waals surface area contributed by atoms with Crippen LogP contribution in [0.15, 0.2) is 0 Å². The van der Waals surface area contributed by atoms with Gasteiger partial charge in [-0.25, -0.2) is 0 Å². The van der Waals surface area contributed by atoms with E-state index in [1.54, 1.807) is 0 Å². The lowest BCUT2D eigenvalue weighted by molar-refractivity contribution is -0.123. The molecule has 0 spiro atoms. The van der Waals surface area contributed by atoms with E-state index < -0.39 is 12.6 Å². The Bertz CT molecular complexity index is 151. The number of alkyl halides is 3. The van der Waals surface area contributed by atoms with Gasteiger partial charge in [-0.05, 0) is 0 Å². The van der Waals surface area contributed by atoms with Crippen LogP contribution in [0.4, 0.5) is 13.2 Å². The summed E-state index contributed by atoms with van der Waals surface area (Å²) >= 11 is 0. The molecule has 0 aliphatic rings. The van der Waals surface area contributed by atoms with Crippen LogP contribution >= 0.6 is 0 Å². The van der Waals surface area contributed by atoms with E-state index in [0.717, 1.165) is 0 Å². The molecule has 0 bridgehead atoms. The molecule has 0 aliphatic heterocycles. The molecule has 0 rings (SSSR count). The topological polar surface area (TPSA) is 9.23 Å². The summed E-state index contributed by atoms with van der Waals surface area (Å²) in [6, 6.07) is 0.